The first kappa shape index (κ1) is 17.8. The Balaban J connectivity index is 1.52. The highest BCUT2D eigenvalue weighted by Gasteiger charge is 2.24. The molecule has 7 nitrogen and oxygen atoms in total. The third-order valence-electron chi connectivity index (χ3n) is 4.76. The number of hydrogen-bond donors (Lipinski definition) is 1. The maximum atomic E-state index is 12.6. The van der Waals surface area contributed by atoms with Gasteiger partial charge >= 0.3 is 0 Å². The van der Waals surface area contributed by atoms with Crippen LogP contribution in [0, 0.1) is 0 Å². The molecular weight excluding hydrogens is 358 g/mol. The number of rotatable bonds is 4. The fourth-order valence-corrected chi connectivity index (χ4v) is 3.32. The van der Waals surface area contributed by atoms with E-state index in [0.29, 0.717) is 30.1 Å². The molecule has 142 valence electrons. The monoisotopic (exact) mass is 377 g/mol. The van der Waals surface area contributed by atoms with Crippen molar-refractivity contribution in [1.29, 1.82) is 0 Å². The number of benzene rings is 2. The number of fused-ring (bicyclic) bond motifs is 1. The molecule has 3 aromatic rings. The summed E-state index contributed by atoms with van der Waals surface area (Å²) in [4.78, 5) is 30.6. The van der Waals surface area contributed by atoms with Gasteiger partial charge in [0.2, 0.25) is 5.76 Å². The molecule has 2 heterocycles. The molecule has 0 saturated heterocycles. The summed E-state index contributed by atoms with van der Waals surface area (Å²) in [6.45, 7) is 1.06. The van der Waals surface area contributed by atoms with E-state index in [4.69, 9.17) is 9.15 Å². The van der Waals surface area contributed by atoms with E-state index in [0.717, 1.165) is 17.5 Å². The first-order valence-electron chi connectivity index (χ1n) is 8.89. The molecule has 1 aliphatic heterocycles. The maximum Gasteiger partial charge on any atom is 0.291 e. The molecule has 7 heteroatoms. The summed E-state index contributed by atoms with van der Waals surface area (Å²) >= 11 is 0. The molecule has 0 fully saturated rings. The highest BCUT2D eigenvalue weighted by atomic mass is 16.5. The van der Waals surface area contributed by atoms with Crippen molar-refractivity contribution in [3.05, 3.63) is 77.5 Å². The van der Waals surface area contributed by atoms with Crippen molar-refractivity contribution in [2.45, 2.75) is 13.0 Å². The lowest BCUT2D eigenvalue weighted by Gasteiger charge is -2.28. The van der Waals surface area contributed by atoms with Crippen LogP contribution in [0.2, 0.25) is 0 Å². The second kappa shape index (κ2) is 7.56. The van der Waals surface area contributed by atoms with Gasteiger partial charge in [-0.3, -0.25) is 9.59 Å². The predicted molar refractivity (Wildman–Crippen MR) is 102 cm³/mol. The van der Waals surface area contributed by atoms with E-state index in [9.17, 15) is 9.59 Å². The molecule has 0 unspecified atom stereocenters. The zero-order valence-electron chi connectivity index (χ0n) is 15.3. The molecular formula is C21H19N3O4. The Labute approximate surface area is 161 Å². The maximum absolute atomic E-state index is 12.6. The zero-order chi connectivity index (χ0) is 19.5. The van der Waals surface area contributed by atoms with Crippen LogP contribution in [0.5, 0.6) is 5.75 Å². The van der Waals surface area contributed by atoms with Crippen molar-refractivity contribution in [2.75, 3.05) is 19.0 Å². The largest absolute Gasteiger partial charge is 0.496 e. The third-order valence-corrected chi connectivity index (χ3v) is 4.76. The molecule has 0 bridgehead atoms. The van der Waals surface area contributed by atoms with Crippen molar-refractivity contribution in [3.8, 4) is 5.75 Å². The number of hydrogen-bond acceptors (Lipinski definition) is 5. The topological polar surface area (TPSA) is 84.7 Å². The number of methoxy groups -OCH3 is 1. The molecule has 0 atom stereocenters. The Morgan fingerprint density at radius 2 is 2.04 bits per heavy atom. The van der Waals surface area contributed by atoms with E-state index in [1.807, 2.05) is 24.3 Å². The van der Waals surface area contributed by atoms with Gasteiger partial charge in [0.05, 0.1) is 18.9 Å². The van der Waals surface area contributed by atoms with Crippen LogP contribution in [0.4, 0.5) is 5.69 Å². The van der Waals surface area contributed by atoms with Crippen LogP contribution in [0.1, 0.15) is 32.0 Å². The quantitative estimate of drug-likeness (QED) is 0.755. The van der Waals surface area contributed by atoms with Crippen molar-refractivity contribution < 1.29 is 18.7 Å². The van der Waals surface area contributed by atoms with Gasteiger partial charge in [-0.1, -0.05) is 18.2 Å². The van der Waals surface area contributed by atoms with Gasteiger partial charge in [-0.15, -0.1) is 0 Å². The van der Waals surface area contributed by atoms with Crippen molar-refractivity contribution in [2.24, 2.45) is 0 Å². The van der Waals surface area contributed by atoms with Gasteiger partial charge < -0.3 is 19.4 Å². The Hall–Kier alpha value is -3.61. The highest BCUT2D eigenvalue weighted by molar-refractivity contribution is 6.06. The number of anilines is 1. The molecule has 0 spiro atoms. The summed E-state index contributed by atoms with van der Waals surface area (Å²) in [7, 11) is 1.53. The lowest BCUT2D eigenvalue weighted by molar-refractivity contribution is 0.0702. The summed E-state index contributed by atoms with van der Waals surface area (Å²) in [5.74, 6) is 0.306. The third kappa shape index (κ3) is 3.46. The lowest BCUT2D eigenvalue weighted by Crippen LogP contribution is -2.35. The van der Waals surface area contributed by atoms with E-state index in [-0.39, 0.29) is 17.6 Å². The van der Waals surface area contributed by atoms with Crippen molar-refractivity contribution in [3.63, 3.8) is 0 Å². The van der Waals surface area contributed by atoms with Crippen LogP contribution in [-0.4, -0.2) is 35.4 Å². The Bertz CT molecular complexity index is 1010. The highest BCUT2D eigenvalue weighted by Crippen LogP contribution is 2.25. The van der Waals surface area contributed by atoms with Crippen molar-refractivity contribution >= 4 is 17.5 Å². The van der Waals surface area contributed by atoms with E-state index in [2.05, 4.69) is 10.3 Å². The summed E-state index contributed by atoms with van der Waals surface area (Å²) in [6, 6.07) is 12.8. The van der Waals surface area contributed by atoms with Gasteiger partial charge in [-0.2, -0.15) is 0 Å². The first-order valence-corrected chi connectivity index (χ1v) is 8.89. The minimum Gasteiger partial charge on any atom is -0.496 e. The molecule has 1 aliphatic rings. The Kier molecular flexibility index (Phi) is 4.80. The number of amides is 2. The molecule has 4 rings (SSSR count). The second-order valence-corrected chi connectivity index (χ2v) is 6.48. The smallest absolute Gasteiger partial charge is 0.291 e. The van der Waals surface area contributed by atoms with Crippen LogP contribution in [-0.2, 0) is 13.0 Å². The summed E-state index contributed by atoms with van der Waals surface area (Å²) in [6.07, 6.45) is 3.41. The number of aromatic nitrogens is 1. The van der Waals surface area contributed by atoms with Gasteiger partial charge in [0.1, 0.15) is 5.75 Å². The summed E-state index contributed by atoms with van der Waals surface area (Å²) in [5.41, 5.74) is 3.29. The number of carbonyl (C=O) groups is 2. The lowest BCUT2D eigenvalue weighted by atomic mass is 9.98. The average Bonchev–Trinajstić information content (AvgIpc) is 3.27. The van der Waals surface area contributed by atoms with Crippen molar-refractivity contribution in [1.82, 2.24) is 9.88 Å². The molecule has 28 heavy (non-hydrogen) atoms. The average molecular weight is 377 g/mol. The number of carbonyl (C=O) groups excluding carboxylic acids is 2. The van der Waals surface area contributed by atoms with E-state index in [1.54, 1.807) is 23.1 Å². The summed E-state index contributed by atoms with van der Waals surface area (Å²) < 4.78 is 10.4. The molecule has 2 aromatic carbocycles. The fraction of sp³-hybridized carbons (Fsp3) is 0.190. The first-order chi connectivity index (χ1) is 13.7. The molecule has 0 radical (unpaired) electrons. The Morgan fingerprint density at radius 3 is 2.82 bits per heavy atom. The fourth-order valence-electron chi connectivity index (χ4n) is 3.32. The van der Waals surface area contributed by atoms with Gasteiger partial charge in [0.25, 0.3) is 11.8 Å². The molecule has 1 N–H and O–H groups in total. The van der Waals surface area contributed by atoms with E-state index >= 15 is 0 Å². The Morgan fingerprint density at radius 1 is 1.18 bits per heavy atom. The molecule has 0 aliphatic carbocycles. The van der Waals surface area contributed by atoms with Crippen LogP contribution < -0.4 is 10.1 Å². The SMILES string of the molecule is COc1ccccc1C(=O)Nc1ccc2c(c1)CN(C(=O)c1cnco1)CC2. The van der Waals surface area contributed by atoms with E-state index in [1.165, 1.54) is 19.7 Å². The van der Waals surface area contributed by atoms with Crippen LogP contribution >= 0.6 is 0 Å². The van der Waals surface area contributed by atoms with E-state index < -0.39 is 0 Å². The van der Waals surface area contributed by atoms with Gasteiger partial charge in [-0.05, 0) is 41.8 Å². The summed E-state index contributed by atoms with van der Waals surface area (Å²) in [5, 5.41) is 2.90. The predicted octanol–water partition coefficient (Wildman–Crippen LogP) is 3.13. The van der Waals surface area contributed by atoms with Crippen LogP contribution in [0.3, 0.4) is 0 Å². The van der Waals surface area contributed by atoms with Gasteiger partial charge in [-0.25, -0.2) is 4.98 Å². The standard InChI is InChI=1S/C21H19N3O4/c1-27-18-5-3-2-4-17(18)20(25)23-16-7-6-14-8-9-24(12-15(14)10-16)21(26)19-11-22-13-28-19/h2-7,10-11,13H,8-9,12H2,1H3,(H,23,25). The number of nitrogens with one attached hydrogen (secondary N) is 1. The molecule has 1 aromatic heterocycles. The molecule has 2 amide bonds. The number of nitrogens with zero attached hydrogens (tertiary/aromatic N) is 2. The van der Waals surface area contributed by atoms with Crippen LogP contribution in [0.15, 0.2) is 59.5 Å². The minimum atomic E-state index is -0.247. The second-order valence-electron chi connectivity index (χ2n) is 6.48. The number of para-hydroxylation sites is 1. The normalized spacial score (nSPS) is 13.0. The number of oxazole rings is 1. The van der Waals surface area contributed by atoms with Gasteiger partial charge in [0, 0.05) is 18.8 Å². The van der Waals surface area contributed by atoms with Crippen LogP contribution in [0.25, 0.3) is 0 Å². The molecule has 0 saturated carbocycles. The minimum absolute atomic E-state index is 0.188. The zero-order valence-corrected chi connectivity index (χ0v) is 15.3. The van der Waals surface area contributed by atoms with Gasteiger partial charge in [0.15, 0.2) is 6.39 Å². The number of ether oxygens (including phenoxy) is 1.